The van der Waals surface area contributed by atoms with Crippen LogP contribution in [0.25, 0.3) is 0 Å². The minimum Gasteiger partial charge on any atom is -0.492 e. The molecule has 1 atom stereocenters. The molecule has 4 heteroatoms. The van der Waals surface area contributed by atoms with Gasteiger partial charge in [0, 0.05) is 10.6 Å². The van der Waals surface area contributed by atoms with Crippen LogP contribution in [0, 0.1) is 0 Å². The van der Waals surface area contributed by atoms with E-state index in [4.69, 9.17) is 16.3 Å². The number of halogens is 2. The van der Waals surface area contributed by atoms with E-state index in [9.17, 15) is 5.11 Å². The summed E-state index contributed by atoms with van der Waals surface area (Å²) in [6.07, 6.45) is 1.11. The van der Waals surface area contributed by atoms with Crippen LogP contribution in [0.15, 0.2) is 16.6 Å². The predicted molar refractivity (Wildman–Crippen MR) is 58.8 cm³/mol. The van der Waals surface area contributed by atoms with Gasteiger partial charge in [-0.1, -0.05) is 11.6 Å². The molecule has 1 heterocycles. The van der Waals surface area contributed by atoms with Gasteiger partial charge in [0.05, 0.1) is 17.2 Å². The standard InChI is InChI=1S/C10H10BrClO2/c11-8-5-6(12)4-7-9(13)2-1-3-14-10(7)8/h4-5,9,13H,1-3H2. The number of benzene rings is 1. The van der Waals surface area contributed by atoms with Crippen molar-refractivity contribution < 1.29 is 9.84 Å². The molecule has 2 nitrogen and oxygen atoms in total. The van der Waals surface area contributed by atoms with E-state index in [1.165, 1.54) is 0 Å². The van der Waals surface area contributed by atoms with E-state index >= 15 is 0 Å². The molecular formula is C10H10BrClO2. The van der Waals surface area contributed by atoms with Gasteiger partial charge in [0.25, 0.3) is 0 Å². The van der Waals surface area contributed by atoms with E-state index in [1.54, 1.807) is 12.1 Å². The Kier molecular flexibility index (Phi) is 3.00. The molecule has 0 radical (unpaired) electrons. The summed E-state index contributed by atoms with van der Waals surface area (Å²) >= 11 is 9.28. The molecule has 0 aliphatic carbocycles. The van der Waals surface area contributed by atoms with Crippen LogP contribution in [-0.4, -0.2) is 11.7 Å². The van der Waals surface area contributed by atoms with Crippen LogP contribution >= 0.6 is 27.5 Å². The van der Waals surface area contributed by atoms with Crippen molar-refractivity contribution in [2.24, 2.45) is 0 Å². The van der Waals surface area contributed by atoms with Crippen LogP contribution in [0.3, 0.4) is 0 Å². The lowest BCUT2D eigenvalue weighted by atomic mass is 10.1. The van der Waals surface area contributed by atoms with Gasteiger partial charge < -0.3 is 9.84 Å². The van der Waals surface area contributed by atoms with Crippen molar-refractivity contribution in [1.82, 2.24) is 0 Å². The van der Waals surface area contributed by atoms with Crippen molar-refractivity contribution in [3.05, 3.63) is 27.2 Å². The van der Waals surface area contributed by atoms with Gasteiger partial charge >= 0.3 is 0 Å². The van der Waals surface area contributed by atoms with E-state index in [2.05, 4.69) is 15.9 Å². The Morgan fingerprint density at radius 2 is 2.29 bits per heavy atom. The monoisotopic (exact) mass is 276 g/mol. The zero-order valence-corrected chi connectivity index (χ0v) is 9.81. The first kappa shape index (κ1) is 10.3. The second kappa shape index (κ2) is 4.09. The zero-order valence-electron chi connectivity index (χ0n) is 7.46. The number of rotatable bonds is 0. The van der Waals surface area contributed by atoms with E-state index in [-0.39, 0.29) is 0 Å². The third-order valence-corrected chi connectivity index (χ3v) is 3.07. The Morgan fingerprint density at radius 3 is 3.07 bits per heavy atom. The van der Waals surface area contributed by atoms with E-state index in [1.807, 2.05) is 0 Å². The molecule has 0 saturated carbocycles. The first-order valence-electron chi connectivity index (χ1n) is 4.48. The number of hydrogen-bond donors (Lipinski definition) is 1. The molecule has 0 spiro atoms. The highest BCUT2D eigenvalue weighted by atomic mass is 79.9. The lowest BCUT2D eigenvalue weighted by Crippen LogP contribution is -1.97. The molecule has 2 rings (SSSR count). The normalized spacial score (nSPS) is 20.9. The average molecular weight is 278 g/mol. The fourth-order valence-electron chi connectivity index (χ4n) is 1.59. The van der Waals surface area contributed by atoms with Gasteiger partial charge in [-0.05, 0) is 40.9 Å². The maximum atomic E-state index is 9.83. The highest BCUT2D eigenvalue weighted by Crippen LogP contribution is 2.39. The molecular weight excluding hydrogens is 267 g/mol. The molecule has 1 aliphatic heterocycles. The van der Waals surface area contributed by atoms with E-state index in [0.717, 1.165) is 28.6 Å². The first-order chi connectivity index (χ1) is 6.68. The Labute approximate surface area is 96.0 Å². The predicted octanol–water partition coefficient (Wildman–Crippen LogP) is 3.31. The van der Waals surface area contributed by atoms with E-state index in [0.29, 0.717) is 11.6 Å². The Balaban J connectivity index is 2.53. The van der Waals surface area contributed by atoms with Crippen LogP contribution in [0.2, 0.25) is 5.02 Å². The molecule has 0 aromatic heterocycles. The third-order valence-electron chi connectivity index (χ3n) is 2.26. The van der Waals surface area contributed by atoms with Crippen molar-refractivity contribution in [2.45, 2.75) is 18.9 Å². The van der Waals surface area contributed by atoms with Crippen molar-refractivity contribution in [3.63, 3.8) is 0 Å². The molecule has 1 N–H and O–H groups in total. The Hall–Kier alpha value is -0.250. The van der Waals surface area contributed by atoms with Crippen molar-refractivity contribution in [3.8, 4) is 5.75 Å². The molecule has 76 valence electrons. The third kappa shape index (κ3) is 1.90. The molecule has 1 aromatic carbocycles. The van der Waals surface area contributed by atoms with Gasteiger partial charge in [-0.2, -0.15) is 0 Å². The second-order valence-electron chi connectivity index (χ2n) is 3.31. The molecule has 0 saturated heterocycles. The molecule has 1 unspecified atom stereocenters. The van der Waals surface area contributed by atoms with Crippen molar-refractivity contribution in [1.29, 1.82) is 0 Å². The van der Waals surface area contributed by atoms with Crippen LogP contribution < -0.4 is 4.74 Å². The largest absolute Gasteiger partial charge is 0.492 e. The number of aliphatic hydroxyl groups excluding tert-OH is 1. The van der Waals surface area contributed by atoms with Gasteiger partial charge in [-0.3, -0.25) is 0 Å². The summed E-state index contributed by atoms with van der Waals surface area (Å²) in [6, 6.07) is 3.54. The summed E-state index contributed by atoms with van der Waals surface area (Å²) < 4.78 is 6.35. The summed E-state index contributed by atoms with van der Waals surface area (Å²) in [7, 11) is 0. The number of hydrogen-bond acceptors (Lipinski definition) is 2. The molecule has 1 aliphatic rings. The topological polar surface area (TPSA) is 29.5 Å². The molecule has 0 bridgehead atoms. The van der Waals surface area contributed by atoms with Gasteiger partial charge in [-0.25, -0.2) is 0 Å². The van der Waals surface area contributed by atoms with Gasteiger partial charge in [-0.15, -0.1) is 0 Å². The highest BCUT2D eigenvalue weighted by Gasteiger charge is 2.20. The quantitative estimate of drug-likeness (QED) is 0.788. The molecule has 1 aromatic rings. The molecule has 0 amide bonds. The number of fused-ring (bicyclic) bond motifs is 1. The Morgan fingerprint density at radius 1 is 1.50 bits per heavy atom. The fourth-order valence-corrected chi connectivity index (χ4v) is 2.53. The second-order valence-corrected chi connectivity index (χ2v) is 4.60. The van der Waals surface area contributed by atoms with Gasteiger partial charge in [0.15, 0.2) is 0 Å². The SMILES string of the molecule is OC1CCCOc2c(Br)cc(Cl)cc21. The summed E-state index contributed by atoms with van der Waals surface area (Å²) in [5.41, 5.74) is 0.780. The Bertz CT molecular complexity index is 354. The first-order valence-corrected chi connectivity index (χ1v) is 5.65. The van der Waals surface area contributed by atoms with Crippen molar-refractivity contribution >= 4 is 27.5 Å². The lowest BCUT2D eigenvalue weighted by Gasteiger charge is -2.12. The maximum Gasteiger partial charge on any atom is 0.139 e. The minimum absolute atomic E-state index is 0.470. The van der Waals surface area contributed by atoms with Crippen LogP contribution in [-0.2, 0) is 0 Å². The van der Waals surface area contributed by atoms with Crippen LogP contribution in [0.4, 0.5) is 0 Å². The number of aliphatic hydroxyl groups is 1. The zero-order chi connectivity index (χ0) is 10.1. The lowest BCUT2D eigenvalue weighted by molar-refractivity contribution is 0.167. The summed E-state index contributed by atoms with van der Waals surface area (Å²) in [4.78, 5) is 0. The molecule has 14 heavy (non-hydrogen) atoms. The van der Waals surface area contributed by atoms with E-state index < -0.39 is 6.10 Å². The van der Waals surface area contributed by atoms with Gasteiger partial charge in [0.1, 0.15) is 5.75 Å². The van der Waals surface area contributed by atoms with Gasteiger partial charge in [0.2, 0.25) is 0 Å². The van der Waals surface area contributed by atoms with Crippen LogP contribution in [0.1, 0.15) is 24.5 Å². The summed E-state index contributed by atoms with van der Waals surface area (Å²) in [5.74, 6) is 0.722. The maximum absolute atomic E-state index is 9.83. The minimum atomic E-state index is -0.470. The highest BCUT2D eigenvalue weighted by molar-refractivity contribution is 9.10. The average Bonchev–Trinajstić information content (AvgIpc) is 2.29. The summed E-state index contributed by atoms with van der Waals surface area (Å²) in [5, 5.41) is 10.4. The smallest absolute Gasteiger partial charge is 0.139 e. The number of ether oxygens (including phenoxy) is 1. The summed E-state index contributed by atoms with van der Waals surface area (Å²) in [6.45, 7) is 0.643. The van der Waals surface area contributed by atoms with Crippen LogP contribution in [0.5, 0.6) is 5.75 Å². The van der Waals surface area contributed by atoms with Crippen molar-refractivity contribution in [2.75, 3.05) is 6.61 Å². The molecule has 0 fully saturated rings. The fraction of sp³-hybridized carbons (Fsp3) is 0.400.